The van der Waals surface area contributed by atoms with Crippen LogP contribution in [-0.2, 0) is 6.54 Å². The van der Waals surface area contributed by atoms with Gasteiger partial charge in [-0.05, 0) is 42.8 Å². The van der Waals surface area contributed by atoms with E-state index in [0.717, 1.165) is 16.8 Å². The van der Waals surface area contributed by atoms with E-state index in [4.69, 9.17) is 10.5 Å². The minimum absolute atomic E-state index is 0.155. The summed E-state index contributed by atoms with van der Waals surface area (Å²) in [5.74, 6) is -0.525. The molecule has 0 bridgehead atoms. The van der Waals surface area contributed by atoms with Crippen LogP contribution in [0, 0.1) is 5.82 Å². The molecule has 0 spiro atoms. The van der Waals surface area contributed by atoms with Crippen molar-refractivity contribution < 1.29 is 13.9 Å². The Morgan fingerprint density at radius 1 is 1.09 bits per heavy atom. The van der Waals surface area contributed by atoms with E-state index in [1.165, 1.54) is 6.07 Å². The van der Waals surface area contributed by atoms with Crippen molar-refractivity contribution in [3.8, 4) is 17.0 Å². The molecule has 0 fully saturated rings. The third kappa shape index (κ3) is 5.54. The van der Waals surface area contributed by atoms with Gasteiger partial charge < -0.3 is 15.8 Å². The Kier molecular flexibility index (Phi) is 6.64. The van der Waals surface area contributed by atoms with Gasteiger partial charge in [0, 0.05) is 16.8 Å². The van der Waals surface area contributed by atoms with Crippen LogP contribution in [0.3, 0.4) is 0 Å². The molecule has 7 nitrogen and oxygen atoms in total. The van der Waals surface area contributed by atoms with E-state index in [1.807, 2.05) is 42.6 Å². The number of hydrogen-bond acceptors (Lipinski definition) is 5. The zero-order chi connectivity index (χ0) is 23.2. The number of aromatic nitrogens is 3. The number of anilines is 1. The van der Waals surface area contributed by atoms with Gasteiger partial charge in [0.2, 0.25) is 0 Å². The zero-order valence-corrected chi connectivity index (χ0v) is 18.1. The lowest BCUT2D eigenvalue weighted by atomic mass is 10.1. The van der Waals surface area contributed by atoms with E-state index in [9.17, 15) is 9.18 Å². The van der Waals surface area contributed by atoms with Crippen molar-refractivity contribution in [2.75, 3.05) is 12.3 Å². The molecule has 4 aromatic rings. The molecule has 4 rings (SSSR count). The molecule has 0 radical (unpaired) electrons. The number of nitrogens with one attached hydrogen (secondary N) is 1. The number of hydrogen-bond donors (Lipinski definition) is 2. The maximum Gasteiger partial charge on any atom is 0.251 e. The van der Waals surface area contributed by atoms with Crippen molar-refractivity contribution in [2.45, 2.75) is 19.6 Å². The van der Waals surface area contributed by atoms with Gasteiger partial charge >= 0.3 is 0 Å². The summed E-state index contributed by atoms with van der Waals surface area (Å²) in [7, 11) is 0. The summed E-state index contributed by atoms with van der Waals surface area (Å²) in [5.41, 5.74) is 9.37. The Hall–Kier alpha value is -4.20. The van der Waals surface area contributed by atoms with Crippen LogP contribution in [0.4, 0.5) is 10.1 Å². The zero-order valence-electron chi connectivity index (χ0n) is 18.1. The van der Waals surface area contributed by atoms with Gasteiger partial charge in [0.05, 0.1) is 19.3 Å². The van der Waals surface area contributed by atoms with Crippen molar-refractivity contribution in [1.82, 2.24) is 20.3 Å². The number of para-hydroxylation sites is 1. The molecule has 0 aliphatic heterocycles. The van der Waals surface area contributed by atoms with Crippen LogP contribution in [0.2, 0.25) is 0 Å². The van der Waals surface area contributed by atoms with Crippen LogP contribution < -0.4 is 15.8 Å². The van der Waals surface area contributed by atoms with Gasteiger partial charge in [0.1, 0.15) is 11.8 Å². The average molecular weight is 445 g/mol. The molecule has 8 heteroatoms. The molecular formula is C25H24FN5O2. The normalized spacial score (nSPS) is 11.7. The number of carbonyl (C=O) groups is 1. The summed E-state index contributed by atoms with van der Waals surface area (Å²) in [6, 6.07) is 20.9. The molecule has 1 aromatic heterocycles. The maximum absolute atomic E-state index is 13.8. The predicted molar refractivity (Wildman–Crippen MR) is 124 cm³/mol. The van der Waals surface area contributed by atoms with Gasteiger partial charge in [-0.3, -0.25) is 4.79 Å². The minimum atomic E-state index is -0.438. The van der Waals surface area contributed by atoms with Crippen molar-refractivity contribution in [3.63, 3.8) is 0 Å². The predicted octanol–water partition coefficient (Wildman–Crippen LogP) is 3.91. The Labute approximate surface area is 191 Å². The fraction of sp³-hybridized carbons (Fsp3) is 0.160. The van der Waals surface area contributed by atoms with Gasteiger partial charge in [-0.2, -0.15) is 0 Å². The average Bonchev–Trinajstić information content (AvgIpc) is 3.28. The highest BCUT2D eigenvalue weighted by Gasteiger charge is 2.15. The molecular weight excluding hydrogens is 421 g/mol. The molecule has 1 heterocycles. The molecule has 33 heavy (non-hydrogen) atoms. The number of ether oxygens (including phenoxy) is 1. The molecule has 0 aliphatic carbocycles. The SMILES string of the molecule is CC(CNC(=O)c1ccccc1Cn1cc(-c2ccc(N)cc2)nn1)Oc1ccccc1F. The third-order valence-electron chi connectivity index (χ3n) is 5.05. The summed E-state index contributed by atoms with van der Waals surface area (Å²) in [5, 5.41) is 11.3. The van der Waals surface area contributed by atoms with E-state index in [-0.39, 0.29) is 18.2 Å². The van der Waals surface area contributed by atoms with Gasteiger partial charge in [-0.15, -0.1) is 5.10 Å². The number of nitrogens with two attached hydrogens (primary N) is 1. The van der Waals surface area contributed by atoms with Gasteiger partial charge in [-0.1, -0.05) is 47.7 Å². The van der Waals surface area contributed by atoms with Crippen molar-refractivity contribution in [3.05, 3.63) is 95.9 Å². The first-order chi connectivity index (χ1) is 16.0. The smallest absolute Gasteiger partial charge is 0.251 e. The molecule has 168 valence electrons. The summed E-state index contributed by atoms with van der Waals surface area (Å²) in [6.45, 7) is 2.38. The molecule has 3 N–H and O–H groups in total. The second-order valence-corrected chi connectivity index (χ2v) is 7.65. The largest absolute Gasteiger partial charge is 0.486 e. The number of nitrogens with zero attached hydrogens (tertiary/aromatic N) is 3. The van der Waals surface area contributed by atoms with Gasteiger partial charge in [-0.25, -0.2) is 9.07 Å². The first-order valence-electron chi connectivity index (χ1n) is 10.5. The molecule has 0 saturated heterocycles. The van der Waals surface area contributed by atoms with E-state index >= 15 is 0 Å². The summed E-state index contributed by atoms with van der Waals surface area (Å²) in [4.78, 5) is 12.8. The summed E-state index contributed by atoms with van der Waals surface area (Å²) in [6.07, 6.45) is 1.42. The first-order valence-corrected chi connectivity index (χ1v) is 10.5. The Balaban J connectivity index is 1.40. The summed E-state index contributed by atoms with van der Waals surface area (Å²) >= 11 is 0. The molecule has 0 aliphatic rings. The maximum atomic E-state index is 13.8. The summed E-state index contributed by atoms with van der Waals surface area (Å²) < 4.78 is 21.0. The van der Waals surface area contributed by atoms with Crippen LogP contribution in [0.25, 0.3) is 11.3 Å². The Bertz CT molecular complexity index is 1240. The van der Waals surface area contributed by atoms with Crippen LogP contribution in [0.5, 0.6) is 5.75 Å². The van der Waals surface area contributed by atoms with E-state index in [2.05, 4.69) is 15.6 Å². The molecule has 1 atom stereocenters. The topological polar surface area (TPSA) is 95.1 Å². The molecule has 0 saturated carbocycles. The number of benzene rings is 3. The van der Waals surface area contributed by atoms with E-state index in [1.54, 1.807) is 41.9 Å². The van der Waals surface area contributed by atoms with Crippen LogP contribution in [0.1, 0.15) is 22.8 Å². The molecule has 1 amide bonds. The molecule has 1 unspecified atom stereocenters. The lowest BCUT2D eigenvalue weighted by molar-refractivity contribution is 0.0930. The van der Waals surface area contributed by atoms with Crippen LogP contribution in [0.15, 0.2) is 79.0 Å². The number of nitrogen functional groups attached to an aromatic ring is 1. The highest BCUT2D eigenvalue weighted by molar-refractivity contribution is 5.95. The minimum Gasteiger partial charge on any atom is -0.486 e. The second-order valence-electron chi connectivity index (χ2n) is 7.65. The lowest BCUT2D eigenvalue weighted by Crippen LogP contribution is -2.34. The van der Waals surface area contributed by atoms with Gasteiger partial charge in [0.25, 0.3) is 5.91 Å². The van der Waals surface area contributed by atoms with Crippen LogP contribution >= 0.6 is 0 Å². The number of amides is 1. The van der Waals surface area contributed by atoms with Crippen LogP contribution in [-0.4, -0.2) is 33.5 Å². The number of carbonyl (C=O) groups excluding carboxylic acids is 1. The Morgan fingerprint density at radius 3 is 2.61 bits per heavy atom. The third-order valence-corrected chi connectivity index (χ3v) is 5.05. The standard InChI is InChI=1S/C25H24FN5O2/c1-17(33-24-9-5-4-8-22(24)26)14-28-25(32)21-7-3-2-6-19(21)15-31-16-23(29-30-31)18-10-12-20(27)13-11-18/h2-13,16-17H,14-15,27H2,1H3,(H,28,32). The Morgan fingerprint density at radius 2 is 1.82 bits per heavy atom. The molecule has 3 aromatic carbocycles. The van der Waals surface area contributed by atoms with Crippen molar-refractivity contribution >= 4 is 11.6 Å². The second kappa shape index (κ2) is 9.95. The van der Waals surface area contributed by atoms with Crippen molar-refractivity contribution in [1.29, 1.82) is 0 Å². The monoisotopic (exact) mass is 445 g/mol. The quantitative estimate of drug-likeness (QED) is 0.401. The number of halogens is 1. The fourth-order valence-corrected chi connectivity index (χ4v) is 3.35. The highest BCUT2D eigenvalue weighted by atomic mass is 19.1. The fourth-order valence-electron chi connectivity index (χ4n) is 3.35. The van der Waals surface area contributed by atoms with Crippen molar-refractivity contribution in [2.24, 2.45) is 0 Å². The number of rotatable bonds is 8. The first kappa shape index (κ1) is 22.0. The highest BCUT2D eigenvalue weighted by Crippen LogP contribution is 2.19. The lowest BCUT2D eigenvalue weighted by Gasteiger charge is -2.16. The van der Waals surface area contributed by atoms with Gasteiger partial charge in [0.15, 0.2) is 11.6 Å². The van der Waals surface area contributed by atoms with E-state index < -0.39 is 11.9 Å². The van der Waals surface area contributed by atoms with E-state index in [0.29, 0.717) is 17.8 Å².